The molecule has 0 aliphatic rings. The smallest absolute Gasteiger partial charge is 0.276 e. The minimum atomic E-state index is -3.80. The van der Waals surface area contributed by atoms with Gasteiger partial charge in [-0.05, 0) is 0 Å². The van der Waals surface area contributed by atoms with Crippen molar-refractivity contribution in [3.8, 4) is 0 Å². The van der Waals surface area contributed by atoms with Gasteiger partial charge in [-0.25, -0.2) is 13.5 Å². The first-order valence-electron chi connectivity index (χ1n) is 3.09. The van der Waals surface area contributed by atoms with Gasteiger partial charge in [-0.1, -0.05) is 0 Å². The van der Waals surface area contributed by atoms with Crippen molar-refractivity contribution >= 4 is 10.2 Å². The van der Waals surface area contributed by atoms with Crippen LogP contribution in [0.3, 0.4) is 0 Å². The topological polar surface area (TPSA) is 84.2 Å². The lowest BCUT2D eigenvalue weighted by atomic mass is 10.3. The molecule has 0 aromatic rings. The van der Waals surface area contributed by atoms with Gasteiger partial charge in [0.05, 0.1) is 13.1 Å². The number of nitrogens with one attached hydrogen (secondary N) is 2. The molecule has 0 saturated heterocycles. The van der Waals surface area contributed by atoms with Crippen LogP contribution in [0.15, 0.2) is 0 Å². The molecule has 0 rings (SSSR count). The van der Waals surface area contributed by atoms with Gasteiger partial charge >= 0.3 is 0 Å². The first-order valence-corrected chi connectivity index (χ1v) is 4.57. The first kappa shape index (κ1) is 11.7. The van der Waals surface area contributed by atoms with Crippen LogP contribution in [-0.2, 0) is 10.2 Å². The van der Waals surface area contributed by atoms with E-state index in [1.807, 2.05) is 4.72 Å². The van der Waals surface area contributed by atoms with Crippen molar-refractivity contribution in [2.75, 3.05) is 20.1 Å². The van der Waals surface area contributed by atoms with Crippen LogP contribution in [0, 0.1) is 0 Å². The Bertz CT molecular complexity index is 228. The van der Waals surface area contributed by atoms with E-state index in [4.69, 9.17) is 0 Å². The second kappa shape index (κ2) is 4.08. The maximum Gasteiger partial charge on any atom is 0.276 e. The molecule has 0 aliphatic carbocycles. The van der Waals surface area contributed by atoms with E-state index in [1.165, 1.54) is 0 Å². The van der Waals surface area contributed by atoms with Crippen molar-refractivity contribution in [1.82, 2.24) is 9.44 Å². The Labute approximate surface area is 69.5 Å². The van der Waals surface area contributed by atoms with Gasteiger partial charge in [0.25, 0.3) is 16.1 Å². The van der Waals surface area contributed by atoms with E-state index in [9.17, 15) is 17.2 Å². The van der Waals surface area contributed by atoms with E-state index in [2.05, 4.69) is 5.73 Å². The molecule has 0 heterocycles. The minimum absolute atomic E-state index is 0.890. The Morgan fingerprint density at radius 2 is 2.00 bits per heavy atom. The Morgan fingerprint density at radius 3 is 2.33 bits per heavy atom. The summed E-state index contributed by atoms with van der Waals surface area (Å²) in [5.41, 5.74) is 4.67. The van der Waals surface area contributed by atoms with Gasteiger partial charge < -0.3 is 5.73 Å². The van der Waals surface area contributed by atoms with Gasteiger partial charge in [0.1, 0.15) is 0 Å². The summed E-state index contributed by atoms with van der Waals surface area (Å²) in [7, 11) is -2.68. The fourth-order valence-electron chi connectivity index (χ4n) is 0.345. The average molecular weight is 203 g/mol. The molecule has 0 aromatic heterocycles. The fourth-order valence-corrected chi connectivity index (χ4v) is 0.890. The van der Waals surface area contributed by atoms with Crippen LogP contribution >= 0.6 is 0 Å². The lowest BCUT2D eigenvalue weighted by Gasteiger charge is -2.13. The zero-order valence-electron chi connectivity index (χ0n) is 6.47. The van der Waals surface area contributed by atoms with Crippen molar-refractivity contribution in [1.29, 1.82) is 0 Å². The molecular weight excluding hydrogens is 192 g/mol. The summed E-state index contributed by atoms with van der Waals surface area (Å²) >= 11 is 0. The monoisotopic (exact) mass is 203 g/mol. The second-order valence-corrected chi connectivity index (χ2v) is 3.79. The van der Waals surface area contributed by atoms with Crippen LogP contribution in [0.2, 0.25) is 0 Å². The van der Waals surface area contributed by atoms with Gasteiger partial charge in [0.2, 0.25) is 0 Å². The van der Waals surface area contributed by atoms with E-state index in [0.717, 1.165) is 7.05 Å². The van der Waals surface area contributed by atoms with E-state index < -0.39 is 29.2 Å². The van der Waals surface area contributed by atoms with Crippen molar-refractivity contribution < 1.29 is 17.2 Å². The van der Waals surface area contributed by atoms with Crippen molar-refractivity contribution in [2.45, 2.75) is 5.92 Å². The number of nitrogens with two attached hydrogens (primary N) is 1. The molecule has 5 nitrogen and oxygen atoms in total. The molecule has 0 spiro atoms. The highest BCUT2D eigenvalue weighted by Crippen LogP contribution is 2.08. The number of hydrogen-bond acceptors (Lipinski definition) is 3. The Balaban J connectivity index is 4.00. The predicted octanol–water partition coefficient (Wildman–Crippen LogP) is -1.37. The third-order valence-corrected chi connectivity index (χ3v) is 2.15. The summed E-state index contributed by atoms with van der Waals surface area (Å²) in [5, 5.41) is 0. The zero-order valence-corrected chi connectivity index (χ0v) is 7.29. The molecule has 0 radical (unpaired) electrons. The van der Waals surface area contributed by atoms with Crippen LogP contribution < -0.4 is 15.2 Å². The van der Waals surface area contributed by atoms with Crippen molar-refractivity contribution in [3.05, 3.63) is 0 Å². The molecule has 0 aliphatic heterocycles. The van der Waals surface area contributed by atoms with Crippen LogP contribution in [0.25, 0.3) is 0 Å². The number of alkyl halides is 2. The summed E-state index contributed by atoms with van der Waals surface area (Å²) in [6.07, 6.45) is 0. The summed E-state index contributed by atoms with van der Waals surface area (Å²) < 4.78 is 49.3. The van der Waals surface area contributed by atoms with Gasteiger partial charge in [-0.3, -0.25) is 0 Å². The van der Waals surface area contributed by atoms with Crippen LogP contribution in [0.1, 0.15) is 0 Å². The minimum Gasteiger partial charge on any atom is -0.325 e. The summed E-state index contributed by atoms with van der Waals surface area (Å²) in [6.45, 7) is -1.88. The third kappa shape index (κ3) is 4.54. The summed E-state index contributed by atoms with van der Waals surface area (Å²) in [6, 6.07) is 0. The van der Waals surface area contributed by atoms with Crippen LogP contribution in [-0.4, -0.2) is 34.5 Å². The molecule has 74 valence electrons. The third-order valence-electron chi connectivity index (χ3n) is 1.09. The molecule has 0 amide bonds. The van der Waals surface area contributed by atoms with Gasteiger partial charge in [-0.2, -0.15) is 13.1 Å². The van der Waals surface area contributed by atoms with Crippen LogP contribution in [0.4, 0.5) is 8.78 Å². The zero-order chi connectivity index (χ0) is 9.83. The first-order chi connectivity index (χ1) is 5.33. The standard InChI is InChI=1S/C4H11F2N3O2S/c1-8-12(10,11)9-3-4(5,6)2-7/h8-9H,2-3,7H2,1H3. The normalized spacial score (nSPS) is 13.3. The highest BCUT2D eigenvalue weighted by molar-refractivity contribution is 7.87. The Morgan fingerprint density at radius 1 is 1.50 bits per heavy atom. The second-order valence-electron chi connectivity index (χ2n) is 2.09. The quantitative estimate of drug-likeness (QED) is 0.515. The summed E-state index contributed by atoms with van der Waals surface area (Å²) in [5.74, 6) is -3.20. The number of halogens is 2. The number of hydrogen-bond donors (Lipinski definition) is 3. The van der Waals surface area contributed by atoms with E-state index in [-0.39, 0.29) is 0 Å². The molecule has 0 aromatic carbocycles. The molecular formula is C4H11F2N3O2S. The molecule has 0 fully saturated rings. The van der Waals surface area contributed by atoms with Gasteiger partial charge in [-0.15, -0.1) is 0 Å². The maximum atomic E-state index is 12.3. The highest BCUT2D eigenvalue weighted by atomic mass is 32.2. The average Bonchev–Trinajstić information content (AvgIpc) is 2.02. The fraction of sp³-hybridized carbons (Fsp3) is 1.00. The molecule has 12 heavy (non-hydrogen) atoms. The summed E-state index contributed by atoms with van der Waals surface area (Å²) in [4.78, 5) is 0. The van der Waals surface area contributed by atoms with E-state index in [1.54, 1.807) is 4.72 Å². The van der Waals surface area contributed by atoms with Gasteiger partial charge in [0.15, 0.2) is 0 Å². The van der Waals surface area contributed by atoms with Crippen molar-refractivity contribution in [2.24, 2.45) is 5.73 Å². The molecule has 0 atom stereocenters. The Kier molecular flexibility index (Phi) is 3.97. The van der Waals surface area contributed by atoms with E-state index >= 15 is 0 Å². The van der Waals surface area contributed by atoms with E-state index in [0.29, 0.717) is 0 Å². The Hall–Kier alpha value is -0.310. The lowest BCUT2D eigenvalue weighted by Crippen LogP contribution is -2.44. The molecule has 0 unspecified atom stereocenters. The van der Waals surface area contributed by atoms with Crippen molar-refractivity contribution in [3.63, 3.8) is 0 Å². The highest BCUT2D eigenvalue weighted by Gasteiger charge is 2.28. The molecule has 0 bridgehead atoms. The lowest BCUT2D eigenvalue weighted by molar-refractivity contribution is 0.0170. The molecule has 8 heteroatoms. The van der Waals surface area contributed by atoms with Gasteiger partial charge in [0, 0.05) is 7.05 Å². The molecule has 0 saturated carbocycles. The van der Waals surface area contributed by atoms with Crippen LogP contribution in [0.5, 0.6) is 0 Å². The largest absolute Gasteiger partial charge is 0.325 e. The molecule has 4 N–H and O–H groups in total. The SMILES string of the molecule is CNS(=O)(=O)NCC(F)(F)CN. The number of rotatable bonds is 5. The maximum absolute atomic E-state index is 12.3. The predicted molar refractivity (Wildman–Crippen MR) is 40.0 cm³/mol.